The summed E-state index contributed by atoms with van der Waals surface area (Å²) < 4.78 is 6.27. The first-order valence-electron chi connectivity index (χ1n) is 6.93. The van der Waals surface area contributed by atoms with Crippen LogP contribution in [0.15, 0.2) is 42.5 Å². The van der Waals surface area contributed by atoms with Crippen molar-refractivity contribution in [2.45, 2.75) is 45.8 Å². The molecule has 1 aliphatic heterocycles. The molecule has 18 heavy (non-hydrogen) atoms. The highest BCUT2D eigenvalue weighted by molar-refractivity contribution is 5.22. The van der Waals surface area contributed by atoms with Crippen molar-refractivity contribution in [3.8, 4) is 0 Å². The lowest BCUT2D eigenvalue weighted by Gasteiger charge is -2.19. The minimum Gasteiger partial charge on any atom is -0.370 e. The fourth-order valence-corrected chi connectivity index (χ4v) is 2.86. The second kappa shape index (κ2) is 5.71. The van der Waals surface area contributed by atoms with Gasteiger partial charge in [-0.05, 0) is 31.2 Å². The van der Waals surface area contributed by atoms with Gasteiger partial charge in [0, 0.05) is 5.92 Å². The molecule has 0 unspecified atom stereocenters. The van der Waals surface area contributed by atoms with Crippen molar-refractivity contribution in [3.05, 3.63) is 48.0 Å². The van der Waals surface area contributed by atoms with Crippen molar-refractivity contribution in [2.75, 3.05) is 0 Å². The number of benzene rings is 1. The van der Waals surface area contributed by atoms with E-state index in [4.69, 9.17) is 4.74 Å². The zero-order valence-electron chi connectivity index (χ0n) is 11.7. The zero-order chi connectivity index (χ0) is 13.1. The van der Waals surface area contributed by atoms with Gasteiger partial charge < -0.3 is 4.74 Å². The highest BCUT2D eigenvalue weighted by Gasteiger charge is 2.36. The lowest BCUT2D eigenvalue weighted by molar-refractivity contribution is 0.0267. The van der Waals surface area contributed by atoms with Crippen molar-refractivity contribution in [1.82, 2.24) is 0 Å². The Morgan fingerprint density at radius 2 is 2.00 bits per heavy atom. The standard InChI is InChI=1S/C17H24O/c1-12(2)10-15-11-16(13(3)4)17(18-15)14-8-6-5-7-9-14/h5-9,12,15-17H,3,10-11H2,1-2,4H3/t15-,16+,17-/m1/s1. The number of ether oxygens (including phenoxy) is 1. The van der Waals surface area contributed by atoms with Gasteiger partial charge in [-0.1, -0.05) is 56.3 Å². The molecule has 0 radical (unpaired) electrons. The summed E-state index contributed by atoms with van der Waals surface area (Å²) in [6.45, 7) is 10.8. The van der Waals surface area contributed by atoms with Crippen LogP contribution in [0.25, 0.3) is 0 Å². The van der Waals surface area contributed by atoms with E-state index in [2.05, 4.69) is 57.7 Å². The molecule has 1 nitrogen and oxygen atoms in total. The van der Waals surface area contributed by atoms with Gasteiger partial charge in [0.1, 0.15) is 0 Å². The van der Waals surface area contributed by atoms with Gasteiger partial charge in [0.2, 0.25) is 0 Å². The summed E-state index contributed by atoms with van der Waals surface area (Å²) in [5.74, 6) is 1.16. The van der Waals surface area contributed by atoms with Crippen LogP contribution >= 0.6 is 0 Å². The highest BCUT2D eigenvalue weighted by atomic mass is 16.5. The Balaban J connectivity index is 2.15. The molecule has 2 rings (SSSR count). The summed E-state index contributed by atoms with van der Waals surface area (Å²) >= 11 is 0. The van der Waals surface area contributed by atoms with E-state index in [0.717, 1.165) is 12.8 Å². The summed E-state index contributed by atoms with van der Waals surface area (Å²) in [7, 11) is 0. The molecule has 1 aromatic rings. The average molecular weight is 244 g/mol. The zero-order valence-corrected chi connectivity index (χ0v) is 11.7. The van der Waals surface area contributed by atoms with E-state index in [0.29, 0.717) is 17.9 Å². The molecule has 0 bridgehead atoms. The molecular formula is C17H24O. The Morgan fingerprint density at radius 3 is 2.56 bits per heavy atom. The van der Waals surface area contributed by atoms with Crippen LogP contribution < -0.4 is 0 Å². The van der Waals surface area contributed by atoms with E-state index in [9.17, 15) is 0 Å². The minimum atomic E-state index is 0.201. The Labute approximate surface area is 111 Å². The van der Waals surface area contributed by atoms with Gasteiger partial charge >= 0.3 is 0 Å². The third kappa shape index (κ3) is 3.02. The molecule has 0 aliphatic carbocycles. The SMILES string of the molecule is C=C(C)[C@@H]1C[C@@H](CC(C)C)O[C@@H]1c1ccccc1. The molecule has 1 aliphatic rings. The van der Waals surface area contributed by atoms with Crippen LogP contribution in [0.3, 0.4) is 0 Å². The molecule has 0 spiro atoms. The third-order valence-electron chi connectivity index (χ3n) is 3.72. The molecule has 98 valence electrons. The summed E-state index contributed by atoms with van der Waals surface area (Å²) in [5, 5.41) is 0. The van der Waals surface area contributed by atoms with Crippen LogP contribution in [0, 0.1) is 11.8 Å². The highest BCUT2D eigenvalue weighted by Crippen LogP contribution is 2.43. The van der Waals surface area contributed by atoms with Crippen molar-refractivity contribution in [3.63, 3.8) is 0 Å². The van der Waals surface area contributed by atoms with Gasteiger partial charge in [-0.25, -0.2) is 0 Å². The van der Waals surface area contributed by atoms with Crippen LogP contribution in [0.5, 0.6) is 0 Å². The quantitative estimate of drug-likeness (QED) is 0.694. The monoisotopic (exact) mass is 244 g/mol. The first-order valence-corrected chi connectivity index (χ1v) is 6.93. The van der Waals surface area contributed by atoms with E-state index in [1.807, 2.05) is 0 Å². The maximum atomic E-state index is 6.27. The predicted octanol–water partition coefficient (Wildman–Crippen LogP) is 4.76. The topological polar surface area (TPSA) is 9.23 Å². The fourth-order valence-electron chi connectivity index (χ4n) is 2.86. The number of hydrogen-bond acceptors (Lipinski definition) is 1. The molecule has 0 amide bonds. The minimum absolute atomic E-state index is 0.201. The van der Waals surface area contributed by atoms with Gasteiger partial charge in [-0.3, -0.25) is 0 Å². The van der Waals surface area contributed by atoms with Gasteiger partial charge in [0.05, 0.1) is 12.2 Å². The molecule has 1 aromatic carbocycles. The predicted molar refractivity (Wildman–Crippen MR) is 76.4 cm³/mol. The van der Waals surface area contributed by atoms with Crippen molar-refractivity contribution in [2.24, 2.45) is 11.8 Å². The normalized spacial score (nSPS) is 27.7. The molecule has 0 N–H and O–H groups in total. The van der Waals surface area contributed by atoms with Crippen LogP contribution in [-0.4, -0.2) is 6.10 Å². The maximum Gasteiger partial charge on any atom is 0.0894 e. The summed E-state index contributed by atoms with van der Waals surface area (Å²) in [4.78, 5) is 0. The second-order valence-corrected chi connectivity index (χ2v) is 5.91. The molecular weight excluding hydrogens is 220 g/mol. The van der Waals surface area contributed by atoms with Crippen LogP contribution in [0.1, 0.15) is 45.3 Å². The van der Waals surface area contributed by atoms with Crippen LogP contribution in [-0.2, 0) is 4.74 Å². The molecule has 3 atom stereocenters. The van der Waals surface area contributed by atoms with Gasteiger partial charge in [0.25, 0.3) is 0 Å². The molecule has 1 saturated heterocycles. The van der Waals surface area contributed by atoms with Gasteiger partial charge in [0.15, 0.2) is 0 Å². The van der Waals surface area contributed by atoms with Gasteiger partial charge in [-0.2, -0.15) is 0 Å². The van der Waals surface area contributed by atoms with E-state index >= 15 is 0 Å². The third-order valence-corrected chi connectivity index (χ3v) is 3.72. The lowest BCUT2D eigenvalue weighted by Crippen LogP contribution is -2.09. The average Bonchev–Trinajstić information content (AvgIpc) is 2.73. The van der Waals surface area contributed by atoms with E-state index in [-0.39, 0.29) is 6.10 Å². The Hall–Kier alpha value is -1.08. The molecule has 1 fully saturated rings. The largest absolute Gasteiger partial charge is 0.370 e. The van der Waals surface area contributed by atoms with E-state index in [1.54, 1.807) is 0 Å². The fraction of sp³-hybridized carbons (Fsp3) is 0.529. The van der Waals surface area contributed by atoms with Crippen LogP contribution in [0.4, 0.5) is 0 Å². The molecule has 1 heteroatoms. The summed E-state index contributed by atoms with van der Waals surface area (Å²) in [6, 6.07) is 10.6. The number of hydrogen-bond donors (Lipinski definition) is 0. The molecule has 0 saturated carbocycles. The summed E-state index contributed by atoms with van der Waals surface area (Å²) in [5.41, 5.74) is 2.53. The number of rotatable bonds is 4. The Bertz CT molecular complexity index is 393. The molecule has 1 heterocycles. The lowest BCUT2D eigenvalue weighted by atomic mass is 9.88. The summed E-state index contributed by atoms with van der Waals surface area (Å²) in [6.07, 6.45) is 2.85. The molecule has 0 aromatic heterocycles. The maximum absolute atomic E-state index is 6.27. The smallest absolute Gasteiger partial charge is 0.0894 e. The van der Waals surface area contributed by atoms with Crippen molar-refractivity contribution in [1.29, 1.82) is 0 Å². The van der Waals surface area contributed by atoms with Crippen molar-refractivity contribution >= 4 is 0 Å². The van der Waals surface area contributed by atoms with Crippen LogP contribution in [0.2, 0.25) is 0 Å². The Kier molecular flexibility index (Phi) is 4.23. The van der Waals surface area contributed by atoms with Gasteiger partial charge in [-0.15, -0.1) is 0 Å². The first-order chi connectivity index (χ1) is 8.58. The van der Waals surface area contributed by atoms with Crippen molar-refractivity contribution < 1.29 is 4.74 Å². The van der Waals surface area contributed by atoms with E-state index < -0.39 is 0 Å². The van der Waals surface area contributed by atoms with E-state index in [1.165, 1.54) is 11.1 Å². The Morgan fingerprint density at radius 1 is 1.33 bits per heavy atom. The first kappa shape index (κ1) is 13.4. The second-order valence-electron chi connectivity index (χ2n) is 5.91.